The fourth-order valence-corrected chi connectivity index (χ4v) is 3.26. The number of carbonyl (C=O) groups excluding carboxylic acids is 1. The van der Waals surface area contributed by atoms with Crippen molar-refractivity contribution in [3.05, 3.63) is 69.4 Å². The third-order valence-electron chi connectivity index (χ3n) is 4.33. The standard InChI is InChI=1S/C21H22ClFN4O2/c1-12(13-6-5-7-14(22)8-13)27-18-9-15(23)16(10-17(18)24-11-19(27)28)25-20(29)26-21(2,3)4/h5-12H,1-4H3,(H2,25,26,29)/t12-/m0/s1. The van der Waals surface area contributed by atoms with Crippen molar-refractivity contribution in [2.24, 2.45) is 0 Å². The maximum atomic E-state index is 14.7. The van der Waals surface area contributed by atoms with E-state index in [9.17, 15) is 14.0 Å². The van der Waals surface area contributed by atoms with Gasteiger partial charge < -0.3 is 10.6 Å². The summed E-state index contributed by atoms with van der Waals surface area (Å²) in [6.45, 7) is 7.29. The van der Waals surface area contributed by atoms with Gasteiger partial charge in [0.15, 0.2) is 0 Å². The van der Waals surface area contributed by atoms with E-state index in [2.05, 4.69) is 15.6 Å². The molecule has 3 rings (SSSR count). The molecular formula is C21H22ClFN4O2. The van der Waals surface area contributed by atoms with Crippen LogP contribution in [-0.4, -0.2) is 21.1 Å². The Kier molecular flexibility index (Phi) is 5.61. The lowest BCUT2D eigenvalue weighted by Crippen LogP contribution is -2.43. The molecule has 1 heterocycles. The highest BCUT2D eigenvalue weighted by Gasteiger charge is 2.18. The third kappa shape index (κ3) is 4.74. The summed E-state index contributed by atoms with van der Waals surface area (Å²) in [6, 6.07) is 8.83. The maximum Gasteiger partial charge on any atom is 0.319 e. The van der Waals surface area contributed by atoms with Crippen molar-refractivity contribution >= 4 is 34.4 Å². The van der Waals surface area contributed by atoms with Crippen molar-refractivity contribution in [3.63, 3.8) is 0 Å². The molecule has 0 radical (unpaired) electrons. The summed E-state index contributed by atoms with van der Waals surface area (Å²) in [4.78, 5) is 28.7. The fourth-order valence-electron chi connectivity index (χ4n) is 3.06. The van der Waals surface area contributed by atoms with E-state index in [-0.39, 0.29) is 11.2 Å². The van der Waals surface area contributed by atoms with Gasteiger partial charge in [-0.15, -0.1) is 0 Å². The van der Waals surface area contributed by atoms with Gasteiger partial charge in [-0.1, -0.05) is 23.7 Å². The Morgan fingerprint density at radius 1 is 1.24 bits per heavy atom. The highest BCUT2D eigenvalue weighted by molar-refractivity contribution is 6.30. The predicted molar refractivity (Wildman–Crippen MR) is 113 cm³/mol. The SMILES string of the molecule is C[C@@H](c1cccc(Cl)c1)n1c(=O)cnc2cc(NC(=O)NC(C)(C)C)c(F)cc21. The molecule has 0 bridgehead atoms. The van der Waals surface area contributed by atoms with Crippen molar-refractivity contribution in [1.29, 1.82) is 0 Å². The molecule has 2 N–H and O–H groups in total. The Hall–Kier alpha value is -2.93. The molecule has 6 nitrogen and oxygen atoms in total. The number of amides is 2. The van der Waals surface area contributed by atoms with Gasteiger partial charge in [0.05, 0.1) is 29.0 Å². The van der Waals surface area contributed by atoms with E-state index in [0.717, 1.165) is 5.56 Å². The zero-order valence-electron chi connectivity index (χ0n) is 16.6. The van der Waals surface area contributed by atoms with Crippen LogP contribution in [-0.2, 0) is 0 Å². The highest BCUT2D eigenvalue weighted by Crippen LogP contribution is 2.26. The second-order valence-electron chi connectivity index (χ2n) is 7.85. The number of fused-ring (bicyclic) bond motifs is 1. The van der Waals surface area contributed by atoms with Crippen molar-refractivity contribution in [1.82, 2.24) is 14.9 Å². The molecule has 2 amide bonds. The molecule has 0 unspecified atom stereocenters. The summed E-state index contributed by atoms with van der Waals surface area (Å²) in [7, 11) is 0. The first-order chi connectivity index (χ1) is 13.5. The lowest BCUT2D eigenvalue weighted by Gasteiger charge is -2.21. The first kappa shape index (κ1) is 20.8. The van der Waals surface area contributed by atoms with E-state index in [1.165, 1.54) is 22.9 Å². The molecule has 1 aromatic heterocycles. The van der Waals surface area contributed by atoms with Crippen molar-refractivity contribution in [2.75, 3.05) is 5.32 Å². The van der Waals surface area contributed by atoms with Gasteiger partial charge in [0.25, 0.3) is 5.56 Å². The molecule has 1 atom stereocenters. The minimum absolute atomic E-state index is 0.0210. The second kappa shape index (κ2) is 7.83. The van der Waals surface area contributed by atoms with Crippen LogP contribution in [0.4, 0.5) is 14.9 Å². The minimum atomic E-state index is -0.666. The Morgan fingerprint density at radius 2 is 1.97 bits per heavy atom. The summed E-state index contributed by atoms with van der Waals surface area (Å²) in [5.41, 5.74) is 0.653. The average Bonchev–Trinajstić information content (AvgIpc) is 2.60. The number of halogens is 2. The van der Waals surface area contributed by atoms with Crippen molar-refractivity contribution < 1.29 is 9.18 Å². The van der Waals surface area contributed by atoms with Crippen LogP contribution in [0, 0.1) is 5.82 Å². The molecule has 0 saturated carbocycles. The average molecular weight is 417 g/mol. The van der Waals surface area contributed by atoms with E-state index in [1.807, 2.05) is 33.8 Å². The van der Waals surface area contributed by atoms with Gasteiger partial charge in [-0.25, -0.2) is 14.2 Å². The topological polar surface area (TPSA) is 76.0 Å². The zero-order chi connectivity index (χ0) is 21.3. The van der Waals surface area contributed by atoms with Gasteiger partial charge >= 0.3 is 6.03 Å². The van der Waals surface area contributed by atoms with Gasteiger partial charge in [-0.2, -0.15) is 0 Å². The maximum absolute atomic E-state index is 14.7. The van der Waals surface area contributed by atoms with Crippen molar-refractivity contribution in [3.8, 4) is 0 Å². The predicted octanol–water partition coefficient (Wildman–Crippen LogP) is 4.72. The van der Waals surface area contributed by atoms with E-state index in [4.69, 9.17) is 11.6 Å². The van der Waals surface area contributed by atoms with Crippen LogP contribution in [0.1, 0.15) is 39.3 Å². The normalized spacial score (nSPS) is 12.6. The molecule has 0 aliphatic rings. The highest BCUT2D eigenvalue weighted by atomic mass is 35.5. The number of urea groups is 1. The molecule has 0 fully saturated rings. The summed E-state index contributed by atoms with van der Waals surface area (Å²) in [5.74, 6) is -0.666. The number of benzene rings is 2. The number of aromatic nitrogens is 2. The Bertz CT molecular complexity index is 1140. The molecule has 0 saturated heterocycles. The fraction of sp³-hybridized carbons (Fsp3) is 0.286. The van der Waals surface area contributed by atoms with Crippen LogP contribution < -0.4 is 16.2 Å². The van der Waals surface area contributed by atoms with Gasteiger partial charge in [-0.05, 0) is 51.5 Å². The number of hydrogen-bond acceptors (Lipinski definition) is 3. The summed E-state index contributed by atoms with van der Waals surface area (Å²) < 4.78 is 16.2. The van der Waals surface area contributed by atoms with Crippen molar-refractivity contribution in [2.45, 2.75) is 39.3 Å². The van der Waals surface area contributed by atoms with Crippen LogP contribution >= 0.6 is 11.6 Å². The number of hydrogen-bond donors (Lipinski definition) is 2. The number of nitrogens with one attached hydrogen (secondary N) is 2. The van der Waals surface area contributed by atoms with Crippen LogP contribution in [0.5, 0.6) is 0 Å². The van der Waals surface area contributed by atoms with Crippen LogP contribution in [0.25, 0.3) is 11.0 Å². The molecule has 0 aliphatic carbocycles. The number of nitrogens with zero attached hydrogens (tertiary/aromatic N) is 2. The quantitative estimate of drug-likeness (QED) is 0.648. The third-order valence-corrected chi connectivity index (χ3v) is 4.57. The number of rotatable bonds is 3. The molecule has 29 heavy (non-hydrogen) atoms. The number of carbonyl (C=O) groups is 1. The molecule has 8 heteroatoms. The monoisotopic (exact) mass is 416 g/mol. The first-order valence-electron chi connectivity index (χ1n) is 9.10. The molecule has 0 spiro atoms. The summed E-state index contributed by atoms with van der Waals surface area (Å²) in [6.07, 6.45) is 1.18. The molecule has 3 aromatic rings. The van der Waals surface area contributed by atoms with E-state index in [0.29, 0.717) is 16.1 Å². The molecule has 0 aliphatic heterocycles. The van der Waals surface area contributed by atoms with Crippen LogP contribution in [0.15, 0.2) is 47.4 Å². The van der Waals surface area contributed by atoms with Crippen LogP contribution in [0.3, 0.4) is 0 Å². The van der Waals surface area contributed by atoms with Crippen LogP contribution in [0.2, 0.25) is 5.02 Å². The zero-order valence-corrected chi connectivity index (χ0v) is 17.3. The van der Waals surface area contributed by atoms with E-state index in [1.54, 1.807) is 18.2 Å². The van der Waals surface area contributed by atoms with E-state index >= 15 is 0 Å². The van der Waals surface area contributed by atoms with E-state index < -0.39 is 23.4 Å². The minimum Gasteiger partial charge on any atom is -0.333 e. The second-order valence-corrected chi connectivity index (χ2v) is 8.28. The van der Waals surface area contributed by atoms with Gasteiger partial charge in [0.1, 0.15) is 5.82 Å². The van der Waals surface area contributed by atoms with Gasteiger partial charge in [-0.3, -0.25) is 9.36 Å². The summed E-state index contributed by atoms with van der Waals surface area (Å²) in [5, 5.41) is 5.74. The Balaban J connectivity index is 2.05. The lowest BCUT2D eigenvalue weighted by atomic mass is 10.1. The Labute approximate surface area is 172 Å². The molecule has 152 valence electrons. The van der Waals surface area contributed by atoms with Gasteiger partial charge in [0, 0.05) is 16.6 Å². The molecular weight excluding hydrogens is 395 g/mol. The number of anilines is 1. The molecule has 2 aromatic carbocycles. The lowest BCUT2D eigenvalue weighted by molar-refractivity contribution is 0.243. The summed E-state index contributed by atoms with van der Waals surface area (Å²) >= 11 is 6.07. The smallest absolute Gasteiger partial charge is 0.319 e. The largest absolute Gasteiger partial charge is 0.333 e. The first-order valence-corrected chi connectivity index (χ1v) is 9.48. The van der Waals surface area contributed by atoms with Gasteiger partial charge in [0.2, 0.25) is 0 Å². The Morgan fingerprint density at radius 3 is 2.62 bits per heavy atom.